The molecule has 0 unspecified atom stereocenters. The molecule has 0 saturated heterocycles. The zero-order valence-corrected chi connectivity index (χ0v) is 13.3. The second-order valence-corrected chi connectivity index (χ2v) is 5.42. The topological polar surface area (TPSA) is 78.9 Å². The van der Waals surface area contributed by atoms with E-state index in [9.17, 15) is 4.39 Å². The molecule has 0 radical (unpaired) electrons. The number of nitrogens with two attached hydrogens (primary N) is 1. The Kier molecular flexibility index (Phi) is 3.53. The van der Waals surface area contributed by atoms with E-state index in [1.54, 1.807) is 53.5 Å². The monoisotopic (exact) mass is 335 g/mol. The van der Waals surface area contributed by atoms with Crippen molar-refractivity contribution in [3.8, 4) is 22.8 Å². The summed E-state index contributed by atoms with van der Waals surface area (Å²) in [6.45, 7) is 0. The van der Waals surface area contributed by atoms with Crippen LogP contribution < -0.4 is 10.5 Å². The Balaban J connectivity index is 1.93. The molecule has 7 heteroatoms. The van der Waals surface area contributed by atoms with E-state index in [2.05, 4.69) is 15.1 Å². The molecule has 0 aliphatic heterocycles. The molecule has 3 heterocycles. The number of rotatable bonds is 3. The van der Waals surface area contributed by atoms with Gasteiger partial charge in [0.2, 0.25) is 0 Å². The molecule has 0 atom stereocenters. The van der Waals surface area contributed by atoms with Gasteiger partial charge in [-0.15, -0.1) is 0 Å². The summed E-state index contributed by atoms with van der Waals surface area (Å²) in [4.78, 5) is 8.63. The number of aromatic nitrogens is 4. The Labute approximate surface area is 142 Å². The Morgan fingerprint density at radius 2 is 1.96 bits per heavy atom. The zero-order chi connectivity index (χ0) is 17.4. The van der Waals surface area contributed by atoms with Crippen molar-refractivity contribution >= 4 is 16.7 Å². The van der Waals surface area contributed by atoms with Gasteiger partial charge in [-0.3, -0.25) is 4.98 Å². The van der Waals surface area contributed by atoms with E-state index in [-0.39, 0.29) is 0 Å². The van der Waals surface area contributed by atoms with Crippen molar-refractivity contribution in [3.63, 3.8) is 0 Å². The Bertz CT molecular complexity index is 1080. The van der Waals surface area contributed by atoms with Crippen LogP contribution in [0.25, 0.3) is 28.0 Å². The van der Waals surface area contributed by atoms with Crippen LogP contribution in [-0.4, -0.2) is 26.9 Å². The van der Waals surface area contributed by atoms with Gasteiger partial charge in [0.15, 0.2) is 5.82 Å². The summed E-state index contributed by atoms with van der Waals surface area (Å²) >= 11 is 0. The molecule has 0 bridgehead atoms. The largest absolute Gasteiger partial charge is 0.496 e. The molecule has 0 amide bonds. The molecule has 0 fully saturated rings. The first-order valence-corrected chi connectivity index (χ1v) is 7.57. The standard InChI is InChI=1S/C18H14FN5O/c1-25-15-5-2-4-12(19)18(15)13-8-14-11(9-21-13)10-22-24(14)17-7-3-6-16(20)23-17/h2-10H,1H3,(H2,20,23). The van der Waals surface area contributed by atoms with Gasteiger partial charge in [0, 0.05) is 11.6 Å². The summed E-state index contributed by atoms with van der Waals surface area (Å²) in [6, 6.07) is 11.7. The quantitative estimate of drug-likeness (QED) is 0.622. The average molecular weight is 335 g/mol. The molecule has 3 aromatic heterocycles. The van der Waals surface area contributed by atoms with E-state index in [1.807, 2.05) is 0 Å². The zero-order valence-electron chi connectivity index (χ0n) is 13.3. The summed E-state index contributed by atoms with van der Waals surface area (Å²) < 4.78 is 21.3. The van der Waals surface area contributed by atoms with Crippen molar-refractivity contribution in [2.45, 2.75) is 0 Å². The lowest BCUT2D eigenvalue weighted by molar-refractivity contribution is 0.413. The first-order chi connectivity index (χ1) is 12.2. The maximum atomic E-state index is 14.4. The van der Waals surface area contributed by atoms with Crippen molar-refractivity contribution < 1.29 is 9.13 Å². The number of fused-ring (bicyclic) bond motifs is 1. The molecule has 0 saturated carbocycles. The smallest absolute Gasteiger partial charge is 0.156 e. The highest BCUT2D eigenvalue weighted by atomic mass is 19.1. The third-order valence-corrected chi connectivity index (χ3v) is 3.88. The molecular formula is C18H14FN5O. The third kappa shape index (κ3) is 2.55. The van der Waals surface area contributed by atoms with E-state index in [1.165, 1.54) is 13.2 Å². The van der Waals surface area contributed by atoms with Gasteiger partial charge in [-0.1, -0.05) is 12.1 Å². The number of ether oxygens (including phenoxy) is 1. The molecule has 6 nitrogen and oxygen atoms in total. The number of nitrogen functional groups attached to an aromatic ring is 1. The Morgan fingerprint density at radius 1 is 1.12 bits per heavy atom. The maximum Gasteiger partial charge on any atom is 0.156 e. The molecule has 1 aromatic carbocycles. The molecule has 25 heavy (non-hydrogen) atoms. The van der Waals surface area contributed by atoms with E-state index >= 15 is 0 Å². The highest BCUT2D eigenvalue weighted by Crippen LogP contribution is 2.32. The Morgan fingerprint density at radius 3 is 2.76 bits per heavy atom. The second kappa shape index (κ2) is 5.86. The molecule has 2 N–H and O–H groups in total. The lowest BCUT2D eigenvalue weighted by Crippen LogP contribution is -2.02. The van der Waals surface area contributed by atoms with Crippen LogP contribution in [0.2, 0.25) is 0 Å². The number of hydrogen-bond acceptors (Lipinski definition) is 5. The van der Waals surface area contributed by atoms with Crippen LogP contribution in [0, 0.1) is 5.82 Å². The molecular weight excluding hydrogens is 321 g/mol. The van der Waals surface area contributed by atoms with Gasteiger partial charge in [-0.2, -0.15) is 5.10 Å². The number of pyridine rings is 2. The molecule has 4 aromatic rings. The van der Waals surface area contributed by atoms with Gasteiger partial charge < -0.3 is 10.5 Å². The highest BCUT2D eigenvalue weighted by Gasteiger charge is 2.15. The predicted octanol–water partition coefficient (Wildman–Crippen LogP) is 3.21. The van der Waals surface area contributed by atoms with Crippen LogP contribution in [0.1, 0.15) is 0 Å². The van der Waals surface area contributed by atoms with Crippen LogP contribution in [0.15, 0.2) is 54.9 Å². The van der Waals surface area contributed by atoms with E-state index < -0.39 is 5.82 Å². The third-order valence-electron chi connectivity index (χ3n) is 3.88. The molecule has 4 rings (SSSR count). The van der Waals surface area contributed by atoms with Gasteiger partial charge >= 0.3 is 0 Å². The highest BCUT2D eigenvalue weighted by molar-refractivity contribution is 5.84. The number of nitrogens with zero attached hydrogens (tertiary/aromatic N) is 4. The fraction of sp³-hybridized carbons (Fsp3) is 0.0556. The molecule has 0 aliphatic rings. The SMILES string of the molecule is COc1cccc(F)c1-c1cc2c(cn1)cnn2-c1cccc(N)n1. The van der Waals surface area contributed by atoms with Gasteiger partial charge in [0.25, 0.3) is 0 Å². The maximum absolute atomic E-state index is 14.4. The van der Waals surface area contributed by atoms with E-state index in [4.69, 9.17) is 10.5 Å². The van der Waals surface area contributed by atoms with Crippen molar-refractivity contribution in [2.75, 3.05) is 12.8 Å². The van der Waals surface area contributed by atoms with Crippen molar-refractivity contribution in [2.24, 2.45) is 0 Å². The average Bonchev–Trinajstić information content (AvgIpc) is 3.04. The summed E-state index contributed by atoms with van der Waals surface area (Å²) in [5, 5.41) is 5.15. The fourth-order valence-corrected chi connectivity index (χ4v) is 2.72. The predicted molar refractivity (Wildman–Crippen MR) is 93.0 cm³/mol. The van der Waals surface area contributed by atoms with Gasteiger partial charge in [-0.25, -0.2) is 14.1 Å². The minimum atomic E-state index is -0.403. The molecule has 0 spiro atoms. The number of benzene rings is 1. The van der Waals surface area contributed by atoms with Gasteiger partial charge in [0.05, 0.1) is 30.1 Å². The summed E-state index contributed by atoms with van der Waals surface area (Å²) in [5.41, 5.74) is 7.26. The van der Waals surface area contributed by atoms with Crippen molar-refractivity contribution in [1.82, 2.24) is 19.7 Å². The normalized spacial score (nSPS) is 11.0. The van der Waals surface area contributed by atoms with Crippen LogP contribution in [-0.2, 0) is 0 Å². The number of anilines is 1. The number of hydrogen-bond donors (Lipinski definition) is 1. The molecule has 0 aliphatic carbocycles. The lowest BCUT2D eigenvalue weighted by atomic mass is 10.1. The van der Waals surface area contributed by atoms with Crippen molar-refractivity contribution in [3.05, 3.63) is 60.7 Å². The van der Waals surface area contributed by atoms with Crippen LogP contribution in [0.4, 0.5) is 10.2 Å². The number of methoxy groups -OCH3 is 1. The summed E-state index contributed by atoms with van der Waals surface area (Å²) in [5.74, 6) is 0.984. The summed E-state index contributed by atoms with van der Waals surface area (Å²) in [6.07, 6.45) is 3.32. The first kappa shape index (κ1) is 15.1. The minimum absolute atomic E-state index is 0.306. The second-order valence-electron chi connectivity index (χ2n) is 5.42. The lowest BCUT2D eigenvalue weighted by Gasteiger charge is -2.09. The van der Waals surface area contributed by atoms with E-state index in [0.717, 1.165) is 10.9 Å². The Hall–Kier alpha value is -3.48. The van der Waals surface area contributed by atoms with Crippen molar-refractivity contribution in [1.29, 1.82) is 0 Å². The van der Waals surface area contributed by atoms with Crippen LogP contribution in [0.5, 0.6) is 5.75 Å². The minimum Gasteiger partial charge on any atom is -0.496 e. The van der Waals surface area contributed by atoms with Crippen LogP contribution >= 0.6 is 0 Å². The van der Waals surface area contributed by atoms with Gasteiger partial charge in [0.1, 0.15) is 17.4 Å². The summed E-state index contributed by atoms with van der Waals surface area (Å²) in [7, 11) is 1.50. The fourth-order valence-electron chi connectivity index (χ4n) is 2.72. The number of halogens is 1. The molecule has 124 valence electrons. The van der Waals surface area contributed by atoms with Crippen LogP contribution in [0.3, 0.4) is 0 Å². The first-order valence-electron chi connectivity index (χ1n) is 7.57. The van der Waals surface area contributed by atoms with Gasteiger partial charge in [-0.05, 0) is 30.3 Å². The van der Waals surface area contributed by atoms with E-state index in [0.29, 0.717) is 28.6 Å².